The van der Waals surface area contributed by atoms with Crippen LogP contribution in [0.2, 0.25) is 10.0 Å². The number of hydrogen-bond donors (Lipinski definition) is 1. The smallest absolute Gasteiger partial charge is 0.177 e. The SMILES string of the molecule is COc1ccc(C(Cc2c(Cl)cncc2Cl)OC(C)=N)cc1OC. The van der Waals surface area contributed by atoms with E-state index < -0.39 is 6.10 Å². The Labute approximate surface area is 151 Å². The molecule has 0 aliphatic rings. The van der Waals surface area contributed by atoms with E-state index in [1.165, 1.54) is 12.4 Å². The van der Waals surface area contributed by atoms with Gasteiger partial charge in [-0.25, -0.2) is 0 Å². The first-order valence-electron chi connectivity index (χ1n) is 7.17. The molecule has 24 heavy (non-hydrogen) atoms. The van der Waals surface area contributed by atoms with Gasteiger partial charge < -0.3 is 14.2 Å². The fraction of sp³-hybridized carbons (Fsp3) is 0.294. The van der Waals surface area contributed by atoms with Crippen molar-refractivity contribution in [3.8, 4) is 11.5 Å². The summed E-state index contributed by atoms with van der Waals surface area (Å²) in [5.41, 5.74) is 1.54. The minimum atomic E-state index is -0.445. The first kappa shape index (κ1) is 18.4. The predicted octanol–water partition coefficient (Wildman–Crippen LogP) is 4.70. The maximum absolute atomic E-state index is 7.67. The number of methoxy groups -OCH3 is 2. The van der Waals surface area contributed by atoms with Crippen LogP contribution in [0.1, 0.15) is 24.2 Å². The topological polar surface area (TPSA) is 64.4 Å². The lowest BCUT2D eigenvalue weighted by molar-refractivity contribution is 0.187. The van der Waals surface area contributed by atoms with Crippen LogP contribution in [0, 0.1) is 5.41 Å². The van der Waals surface area contributed by atoms with E-state index in [2.05, 4.69) is 4.98 Å². The average molecular weight is 369 g/mol. The first-order chi connectivity index (χ1) is 11.5. The summed E-state index contributed by atoms with van der Waals surface area (Å²) >= 11 is 12.4. The van der Waals surface area contributed by atoms with E-state index >= 15 is 0 Å². The molecular weight excluding hydrogens is 351 g/mol. The third-order valence-electron chi connectivity index (χ3n) is 3.44. The van der Waals surface area contributed by atoms with Crippen molar-refractivity contribution in [2.45, 2.75) is 19.4 Å². The monoisotopic (exact) mass is 368 g/mol. The summed E-state index contributed by atoms with van der Waals surface area (Å²) in [5, 5.41) is 8.58. The van der Waals surface area contributed by atoms with Crippen molar-refractivity contribution < 1.29 is 14.2 Å². The fourth-order valence-corrected chi connectivity index (χ4v) is 2.83. The standard InChI is InChI=1S/C17H18Cl2N2O3/c1-10(20)24-16(7-12-13(18)8-21-9-14(12)19)11-4-5-15(22-2)17(6-11)23-3/h4-6,8-9,16,20H,7H2,1-3H3. The summed E-state index contributed by atoms with van der Waals surface area (Å²) in [6.07, 6.45) is 3.02. The Hall–Kier alpha value is -1.98. The van der Waals surface area contributed by atoms with Gasteiger partial charge in [-0.2, -0.15) is 0 Å². The number of halogens is 2. The average Bonchev–Trinajstić information content (AvgIpc) is 2.56. The molecule has 2 aromatic rings. The maximum Gasteiger partial charge on any atom is 0.177 e. The summed E-state index contributed by atoms with van der Waals surface area (Å²) < 4.78 is 16.3. The Bertz CT molecular complexity index is 718. The van der Waals surface area contributed by atoms with Gasteiger partial charge in [0.15, 0.2) is 17.4 Å². The zero-order chi connectivity index (χ0) is 17.7. The van der Waals surface area contributed by atoms with Crippen LogP contribution >= 0.6 is 23.2 Å². The highest BCUT2D eigenvalue weighted by atomic mass is 35.5. The summed E-state index contributed by atoms with van der Waals surface area (Å²) in [7, 11) is 3.14. The Morgan fingerprint density at radius 2 is 1.75 bits per heavy atom. The van der Waals surface area contributed by atoms with E-state index in [0.29, 0.717) is 28.0 Å². The van der Waals surface area contributed by atoms with Gasteiger partial charge >= 0.3 is 0 Å². The Balaban J connectivity index is 2.40. The van der Waals surface area contributed by atoms with E-state index in [0.717, 1.165) is 11.1 Å². The van der Waals surface area contributed by atoms with E-state index in [1.54, 1.807) is 27.2 Å². The molecular formula is C17H18Cl2N2O3. The fourth-order valence-electron chi connectivity index (χ4n) is 2.31. The van der Waals surface area contributed by atoms with Crippen LogP contribution < -0.4 is 9.47 Å². The molecule has 0 saturated heterocycles. The highest BCUT2D eigenvalue weighted by molar-refractivity contribution is 6.35. The van der Waals surface area contributed by atoms with Crippen molar-refractivity contribution in [1.29, 1.82) is 5.41 Å². The predicted molar refractivity (Wildman–Crippen MR) is 94.7 cm³/mol. The molecule has 0 spiro atoms. The van der Waals surface area contributed by atoms with Crippen molar-refractivity contribution in [2.24, 2.45) is 0 Å². The van der Waals surface area contributed by atoms with Crippen LogP contribution in [0.4, 0.5) is 0 Å². The highest BCUT2D eigenvalue weighted by Crippen LogP contribution is 2.35. The third-order valence-corrected chi connectivity index (χ3v) is 4.09. The molecule has 0 bridgehead atoms. The molecule has 0 amide bonds. The quantitative estimate of drug-likeness (QED) is 0.592. The number of rotatable bonds is 6. The number of ether oxygens (including phenoxy) is 3. The molecule has 0 aliphatic carbocycles. The Morgan fingerprint density at radius 3 is 2.29 bits per heavy atom. The van der Waals surface area contributed by atoms with E-state index in [1.807, 2.05) is 12.1 Å². The van der Waals surface area contributed by atoms with Crippen molar-refractivity contribution >= 4 is 29.1 Å². The number of hydrogen-bond acceptors (Lipinski definition) is 5. The van der Waals surface area contributed by atoms with E-state index in [-0.39, 0.29) is 5.90 Å². The maximum atomic E-state index is 7.67. The minimum absolute atomic E-state index is 0.0936. The molecule has 1 aromatic carbocycles. The van der Waals surface area contributed by atoms with Gasteiger partial charge in [0.25, 0.3) is 0 Å². The number of pyridine rings is 1. The molecule has 1 unspecified atom stereocenters. The number of nitrogens with one attached hydrogen (secondary N) is 1. The summed E-state index contributed by atoms with van der Waals surface area (Å²) in [4.78, 5) is 3.95. The van der Waals surface area contributed by atoms with Crippen LogP contribution in [0.25, 0.3) is 0 Å². The van der Waals surface area contributed by atoms with Crippen LogP contribution in [0.15, 0.2) is 30.6 Å². The number of nitrogens with zero attached hydrogens (tertiary/aromatic N) is 1. The molecule has 5 nitrogen and oxygen atoms in total. The van der Waals surface area contributed by atoms with Crippen LogP contribution in [-0.4, -0.2) is 25.1 Å². The Morgan fingerprint density at radius 1 is 1.12 bits per heavy atom. The van der Waals surface area contributed by atoms with Gasteiger partial charge in [0, 0.05) is 25.7 Å². The lowest BCUT2D eigenvalue weighted by Gasteiger charge is -2.21. The number of aromatic nitrogens is 1. The lowest BCUT2D eigenvalue weighted by Crippen LogP contribution is -2.12. The van der Waals surface area contributed by atoms with E-state index in [4.69, 9.17) is 42.8 Å². The molecule has 1 aromatic heterocycles. The molecule has 0 radical (unpaired) electrons. The summed E-state index contributed by atoms with van der Waals surface area (Å²) in [5.74, 6) is 1.29. The van der Waals surface area contributed by atoms with Crippen molar-refractivity contribution in [1.82, 2.24) is 4.98 Å². The van der Waals surface area contributed by atoms with Gasteiger partial charge in [-0.1, -0.05) is 29.3 Å². The molecule has 2 rings (SSSR count). The summed E-state index contributed by atoms with van der Waals surface area (Å²) in [6.45, 7) is 1.57. The molecule has 0 aliphatic heterocycles. The lowest BCUT2D eigenvalue weighted by atomic mass is 10.0. The second-order valence-corrected chi connectivity index (χ2v) is 5.88. The van der Waals surface area contributed by atoms with Gasteiger partial charge in [0.1, 0.15) is 6.10 Å². The zero-order valence-electron chi connectivity index (χ0n) is 13.6. The number of benzene rings is 1. The molecule has 0 saturated carbocycles. The van der Waals surface area contributed by atoms with Gasteiger partial charge in [0.05, 0.1) is 24.3 Å². The summed E-state index contributed by atoms with van der Waals surface area (Å²) in [6, 6.07) is 5.47. The van der Waals surface area contributed by atoms with Crippen molar-refractivity contribution in [2.75, 3.05) is 14.2 Å². The highest BCUT2D eigenvalue weighted by Gasteiger charge is 2.20. The van der Waals surface area contributed by atoms with Gasteiger partial charge in [-0.3, -0.25) is 10.4 Å². The molecule has 7 heteroatoms. The molecule has 128 valence electrons. The molecule has 0 fully saturated rings. The Kier molecular flexibility index (Phi) is 6.29. The second kappa shape index (κ2) is 8.22. The second-order valence-electron chi connectivity index (χ2n) is 5.06. The van der Waals surface area contributed by atoms with Gasteiger partial charge in [0.2, 0.25) is 0 Å². The molecule has 1 atom stereocenters. The zero-order valence-corrected chi connectivity index (χ0v) is 15.1. The normalized spacial score (nSPS) is 11.7. The molecule has 1 heterocycles. The largest absolute Gasteiger partial charge is 0.493 e. The van der Waals surface area contributed by atoms with E-state index in [9.17, 15) is 0 Å². The first-order valence-corrected chi connectivity index (χ1v) is 7.93. The van der Waals surface area contributed by atoms with Gasteiger partial charge in [-0.05, 0) is 23.3 Å². The minimum Gasteiger partial charge on any atom is -0.493 e. The van der Waals surface area contributed by atoms with Crippen LogP contribution in [0.3, 0.4) is 0 Å². The van der Waals surface area contributed by atoms with Gasteiger partial charge in [-0.15, -0.1) is 0 Å². The third kappa shape index (κ3) is 4.30. The molecule has 1 N–H and O–H groups in total. The van der Waals surface area contributed by atoms with Crippen molar-refractivity contribution in [3.63, 3.8) is 0 Å². The van der Waals surface area contributed by atoms with Crippen LogP contribution in [-0.2, 0) is 11.2 Å². The van der Waals surface area contributed by atoms with Crippen molar-refractivity contribution in [3.05, 3.63) is 51.8 Å². The van der Waals surface area contributed by atoms with Crippen LogP contribution in [0.5, 0.6) is 11.5 Å².